The van der Waals surface area contributed by atoms with E-state index in [2.05, 4.69) is 10.2 Å². The predicted molar refractivity (Wildman–Crippen MR) is 56.5 cm³/mol. The lowest BCUT2D eigenvalue weighted by Gasteiger charge is -2.06. The van der Waals surface area contributed by atoms with Gasteiger partial charge in [-0.15, -0.1) is 0 Å². The molecule has 1 aromatic rings. The summed E-state index contributed by atoms with van der Waals surface area (Å²) in [6.07, 6.45) is 0.120. The van der Waals surface area contributed by atoms with E-state index in [4.69, 9.17) is 4.84 Å². The fourth-order valence-corrected chi connectivity index (χ4v) is 1.16. The molecule has 1 rings (SSSR count). The fourth-order valence-electron chi connectivity index (χ4n) is 1.16. The maximum absolute atomic E-state index is 11.9. The maximum atomic E-state index is 11.9. The van der Waals surface area contributed by atoms with E-state index >= 15 is 0 Å². The van der Waals surface area contributed by atoms with Gasteiger partial charge in [-0.2, -0.15) is 8.78 Å². The minimum absolute atomic E-state index is 0.0639. The van der Waals surface area contributed by atoms with Crippen molar-refractivity contribution in [3.05, 3.63) is 29.8 Å². The number of carbonyl (C=O) groups excluding carboxylic acids is 1. The predicted octanol–water partition coefficient (Wildman–Crippen LogP) is 1.90. The Labute approximate surface area is 97.5 Å². The second-order valence-electron chi connectivity index (χ2n) is 3.16. The smallest absolute Gasteiger partial charge is 0.387 e. The molecule has 0 radical (unpaired) electrons. The Morgan fingerprint density at radius 3 is 2.53 bits per heavy atom. The lowest BCUT2D eigenvalue weighted by atomic mass is 10.1. The Morgan fingerprint density at radius 2 is 2.00 bits per heavy atom. The number of hydrogen-bond acceptors (Lipinski definition) is 3. The molecule has 17 heavy (non-hydrogen) atoms. The zero-order valence-corrected chi connectivity index (χ0v) is 9.28. The van der Waals surface area contributed by atoms with Crippen LogP contribution in [0.4, 0.5) is 8.78 Å². The SMILES string of the molecule is CCONC(=O)Cc1ccc(OC(F)F)cc1. The van der Waals surface area contributed by atoms with Crippen LogP contribution in [-0.2, 0) is 16.1 Å². The highest BCUT2D eigenvalue weighted by Crippen LogP contribution is 2.15. The van der Waals surface area contributed by atoms with Crippen molar-refractivity contribution in [2.75, 3.05) is 6.61 Å². The van der Waals surface area contributed by atoms with Gasteiger partial charge in [0.05, 0.1) is 13.0 Å². The number of carbonyl (C=O) groups is 1. The summed E-state index contributed by atoms with van der Waals surface area (Å²) in [6.45, 7) is -0.717. The molecule has 0 unspecified atom stereocenters. The van der Waals surface area contributed by atoms with Gasteiger partial charge in [0.1, 0.15) is 5.75 Å². The third-order valence-corrected chi connectivity index (χ3v) is 1.84. The Kier molecular flexibility index (Phi) is 5.35. The molecule has 4 nitrogen and oxygen atoms in total. The molecular weight excluding hydrogens is 232 g/mol. The fraction of sp³-hybridized carbons (Fsp3) is 0.364. The van der Waals surface area contributed by atoms with E-state index < -0.39 is 6.61 Å². The summed E-state index contributed by atoms with van der Waals surface area (Å²) in [5.41, 5.74) is 2.92. The number of hydroxylamine groups is 1. The molecule has 0 bridgehead atoms. The molecule has 0 aromatic heterocycles. The van der Waals surface area contributed by atoms with Crippen molar-refractivity contribution in [1.82, 2.24) is 5.48 Å². The number of halogens is 2. The summed E-state index contributed by atoms with van der Waals surface area (Å²) >= 11 is 0. The zero-order chi connectivity index (χ0) is 12.7. The highest BCUT2D eigenvalue weighted by molar-refractivity contribution is 5.77. The molecule has 1 amide bonds. The Morgan fingerprint density at radius 1 is 1.35 bits per heavy atom. The van der Waals surface area contributed by atoms with E-state index in [9.17, 15) is 13.6 Å². The molecule has 0 aliphatic rings. The van der Waals surface area contributed by atoms with E-state index in [1.54, 1.807) is 19.1 Å². The monoisotopic (exact) mass is 245 g/mol. The van der Waals surface area contributed by atoms with Gasteiger partial charge in [0, 0.05) is 0 Å². The van der Waals surface area contributed by atoms with Gasteiger partial charge < -0.3 is 4.74 Å². The highest BCUT2D eigenvalue weighted by Gasteiger charge is 2.06. The van der Waals surface area contributed by atoms with Gasteiger partial charge in [0.2, 0.25) is 5.91 Å². The Balaban J connectivity index is 2.47. The van der Waals surface area contributed by atoms with Crippen LogP contribution in [0.25, 0.3) is 0 Å². The number of ether oxygens (including phenoxy) is 1. The summed E-state index contributed by atoms with van der Waals surface area (Å²) < 4.78 is 27.9. The molecule has 0 aliphatic heterocycles. The maximum Gasteiger partial charge on any atom is 0.387 e. The van der Waals surface area contributed by atoms with Crippen LogP contribution >= 0.6 is 0 Å². The van der Waals surface area contributed by atoms with Crippen molar-refractivity contribution in [3.8, 4) is 5.75 Å². The number of nitrogens with one attached hydrogen (secondary N) is 1. The van der Waals surface area contributed by atoms with Gasteiger partial charge >= 0.3 is 6.61 Å². The third-order valence-electron chi connectivity index (χ3n) is 1.84. The van der Waals surface area contributed by atoms with Crippen molar-refractivity contribution in [2.45, 2.75) is 20.0 Å². The van der Waals surface area contributed by atoms with Crippen LogP contribution in [0.1, 0.15) is 12.5 Å². The summed E-state index contributed by atoms with van der Waals surface area (Å²) in [5, 5.41) is 0. The van der Waals surface area contributed by atoms with Gasteiger partial charge in [-0.25, -0.2) is 5.48 Å². The molecule has 0 heterocycles. The topological polar surface area (TPSA) is 47.6 Å². The molecule has 0 spiro atoms. The van der Waals surface area contributed by atoms with E-state index in [-0.39, 0.29) is 18.1 Å². The second-order valence-corrected chi connectivity index (χ2v) is 3.16. The number of rotatable bonds is 6. The molecule has 1 aromatic carbocycles. The Hall–Kier alpha value is -1.69. The van der Waals surface area contributed by atoms with Crippen LogP contribution in [0.2, 0.25) is 0 Å². The van der Waals surface area contributed by atoms with Crippen LogP contribution < -0.4 is 10.2 Å². The normalized spacial score (nSPS) is 10.4. The van der Waals surface area contributed by atoms with E-state index in [1.165, 1.54) is 12.1 Å². The van der Waals surface area contributed by atoms with Gasteiger partial charge in [0.25, 0.3) is 0 Å². The highest BCUT2D eigenvalue weighted by atomic mass is 19.3. The Bertz CT molecular complexity index is 354. The first-order valence-electron chi connectivity index (χ1n) is 5.06. The molecule has 0 saturated carbocycles. The van der Waals surface area contributed by atoms with E-state index in [0.29, 0.717) is 12.2 Å². The average Bonchev–Trinajstić information content (AvgIpc) is 2.28. The molecular formula is C11H13F2NO3. The van der Waals surface area contributed by atoms with Gasteiger partial charge in [0.15, 0.2) is 0 Å². The summed E-state index contributed by atoms with van der Waals surface area (Å²) in [5.74, 6) is -0.233. The van der Waals surface area contributed by atoms with Gasteiger partial charge in [-0.05, 0) is 24.6 Å². The molecule has 94 valence electrons. The molecule has 1 N–H and O–H groups in total. The van der Waals surface area contributed by atoms with Crippen molar-refractivity contribution in [3.63, 3.8) is 0 Å². The molecule has 0 saturated heterocycles. The van der Waals surface area contributed by atoms with E-state index in [0.717, 1.165) is 0 Å². The number of benzene rings is 1. The van der Waals surface area contributed by atoms with E-state index in [1.807, 2.05) is 0 Å². The largest absolute Gasteiger partial charge is 0.435 e. The lowest BCUT2D eigenvalue weighted by Crippen LogP contribution is -2.25. The van der Waals surface area contributed by atoms with Gasteiger partial charge in [-0.3, -0.25) is 9.63 Å². The minimum Gasteiger partial charge on any atom is -0.435 e. The first kappa shape index (κ1) is 13.4. The first-order valence-corrected chi connectivity index (χ1v) is 5.06. The summed E-state index contributed by atoms with van der Waals surface area (Å²) in [7, 11) is 0. The molecule has 0 aliphatic carbocycles. The lowest BCUT2D eigenvalue weighted by molar-refractivity contribution is -0.132. The van der Waals surface area contributed by atoms with Crippen molar-refractivity contribution < 1.29 is 23.1 Å². The van der Waals surface area contributed by atoms with Crippen molar-refractivity contribution in [1.29, 1.82) is 0 Å². The van der Waals surface area contributed by atoms with Crippen molar-refractivity contribution in [2.24, 2.45) is 0 Å². The van der Waals surface area contributed by atoms with Crippen LogP contribution in [0.5, 0.6) is 5.75 Å². The molecule has 0 atom stereocenters. The van der Waals surface area contributed by atoms with Crippen LogP contribution in [0.15, 0.2) is 24.3 Å². The summed E-state index contributed by atoms with van der Waals surface area (Å²) in [6, 6.07) is 5.86. The number of amides is 1. The van der Waals surface area contributed by atoms with Gasteiger partial charge in [-0.1, -0.05) is 12.1 Å². The zero-order valence-electron chi connectivity index (χ0n) is 9.28. The number of alkyl halides is 2. The average molecular weight is 245 g/mol. The minimum atomic E-state index is -2.85. The first-order chi connectivity index (χ1) is 8.11. The molecule has 0 fully saturated rings. The standard InChI is InChI=1S/C11H13F2NO3/c1-2-16-14-10(15)7-8-3-5-9(6-4-8)17-11(12)13/h3-6,11H,2,7H2,1H3,(H,14,15). The van der Waals surface area contributed by atoms with Crippen LogP contribution in [0.3, 0.4) is 0 Å². The number of hydrogen-bond donors (Lipinski definition) is 1. The van der Waals surface area contributed by atoms with Crippen LogP contribution in [-0.4, -0.2) is 19.1 Å². The van der Waals surface area contributed by atoms with Crippen LogP contribution in [0, 0.1) is 0 Å². The molecule has 6 heteroatoms. The van der Waals surface area contributed by atoms with Crippen molar-refractivity contribution >= 4 is 5.91 Å². The quantitative estimate of drug-likeness (QED) is 0.779. The third kappa shape index (κ3) is 5.26. The second kappa shape index (κ2) is 6.80. The summed E-state index contributed by atoms with van der Waals surface area (Å²) in [4.78, 5) is 16.0.